The first kappa shape index (κ1) is 23.8. The fourth-order valence-electron chi connectivity index (χ4n) is 4.13. The van der Waals surface area contributed by atoms with Crippen molar-refractivity contribution in [2.24, 2.45) is 0 Å². The Labute approximate surface area is 215 Å². The molecule has 0 radical (unpaired) electrons. The summed E-state index contributed by atoms with van der Waals surface area (Å²) in [5, 5.41) is 10.7. The topological polar surface area (TPSA) is 55.6 Å². The fraction of sp³-hybridized carbons (Fsp3) is 0.160. The normalized spacial score (nSPS) is 13.9. The van der Waals surface area contributed by atoms with Gasteiger partial charge in [0.2, 0.25) is 5.13 Å². The van der Waals surface area contributed by atoms with Gasteiger partial charge in [0.25, 0.3) is 0 Å². The van der Waals surface area contributed by atoms with Crippen molar-refractivity contribution in [3.05, 3.63) is 76.8 Å². The molecular weight excluding hydrogens is 533 g/mol. The molecule has 1 N–H and O–H groups in total. The molecule has 37 heavy (non-hydrogen) atoms. The number of rotatable bonds is 5. The minimum absolute atomic E-state index is 0.0773. The van der Waals surface area contributed by atoms with Crippen LogP contribution in [0.4, 0.5) is 32.8 Å². The second-order valence-corrected chi connectivity index (χ2v) is 9.98. The van der Waals surface area contributed by atoms with E-state index in [0.717, 1.165) is 36.3 Å². The van der Waals surface area contributed by atoms with Gasteiger partial charge >= 0.3 is 6.18 Å². The molecule has 1 aliphatic rings. The Bertz CT molecular complexity index is 1660. The zero-order valence-electron chi connectivity index (χ0n) is 18.7. The lowest BCUT2D eigenvalue weighted by Gasteiger charge is -2.09. The van der Waals surface area contributed by atoms with Crippen LogP contribution in [0.1, 0.15) is 24.4 Å². The summed E-state index contributed by atoms with van der Waals surface area (Å²) in [7, 11) is 0. The smallest absolute Gasteiger partial charge is 0.328 e. The first-order chi connectivity index (χ1) is 17.7. The van der Waals surface area contributed by atoms with Gasteiger partial charge in [0, 0.05) is 23.2 Å². The van der Waals surface area contributed by atoms with Crippen LogP contribution in [0.15, 0.2) is 54.6 Å². The summed E-state index contributed by atoms with van der Waals surface area (Å²) in [6, 6.07) is 12.6. The van der Waals surface area contributed by atoms with E-state index in [1.807, 2.05) is 4.57 Å². The van der Waals surface area contributed by atoms with Crippen LogP contribution in [-0.2, 0) is 6.18 Å². The molecule has 0 atom stereocenters. The lowest BCUT2D eigenvalue weighted by Crippen LogP contribution is -2.05. The molecule has 5 aromatic rings. The Morgan fingerprint density at radius 3 is 2.51 bits per heavy atom. The van der Waals surface area contributed by atoms with Crippen LogP contribution in [0, 0.1) is 11.6 Å². The average molecular weight is 548 g/mol. The molecule has 0 bridgehead atoms. The van der Waals surface area contributed by atoms with Gasteiger partial charge in [0.1, 0.15) is 22.5 Å². The van der Waals surface area contributed by atoms with E-state index in [1.165, 1.54) is 30.3 Å². The summed E-state index contributed by atoms with van der Waals surface area (Å²) in [5.74, 6) is -0.409. The first-order valence-electron chi connectivity index (χ1n) is 11.1. The maximum absolute atomic E-state index is 15.2. The molecule has 3 aromatic carbocycles. The van der Waals surface area contributed by atoms with Crippen LogP contribution >= 0.6 is 22.9 Å². The number of anilines is 2. The van der Waals surface area contributed by atoms with E-state index < -0.39 is 28.4 Å². The largest absolute Gasteiger partial charge is 0.417 e. The molecule has 6 rings (SSSR count). The predicted octanol–water partition coefficient (Wildman–Crippen LogP) is 8.25. The van der Waals surface area contributed by atoms with Crippen molar-refractivity contribution in [2.45, 2.75) is 25.1 Å². The van der Waals surface area contributed by atoms with Gasteiger partial charge < -0.3 is 9.88 Å². The van der Waals surface area contributed by atoms with Crippen molar-refractivity contribution in [3.8, 4) is 22.0 Å². The Morgan fingerprint density at radius 1 is 0.973 bits per heavy atom. The van der Waals surface area contributed by atoms with Crippen molar-refractivity contribution in [2.75, 3.05) is 5.32 Å². The van der Waals surface area contributed by atoms with Crippen molar-refractivity contribution in [3.63, 3.8) is 0 Å². The highest BCUT2D eigenvalue weighted by molar-refractivity contribution is 7.18. The molecule has 0 aliphatic heterocycles. The Balaban J connectivity index is 1.34. The molecule has 0 spiro atoms. The molecule has 0 amide bonds. The number of alkyl halides is 3. The average Bonchev–Trinajstić information content (AvgIpc) is 3.46. The molecular formula is C25H15ClF5N5S. The van der Waals surface area contributed by atoms with Gasteiger partial charge in [-0.05, 0) is 43.2 Å². The molecule has 0 saturated heterocycles. The van der Waals surface area contributed by atoms with Gasteiger partial charge in [0.15, 0.2) is 0 Å². The Kier molecular flexibility index (Phi) is 5.64. The summed E-state index contributed by atoms with van der Waals surface area (Å²) >= 11 is 6.66. The Morgan fingerprint density at radius 2 is 1.78 bits per heavy atom. The zero-order chi connectivity index (χ0) is 25.9. The third-order valence-corrected chi connectivity index (χ3v) is 7.18. The van der Waals surface area contributed by atoms with Crippen molar-refractivity contribution in [1.82, 2.24) is 19.7 Å². The second-order valence-electron chi connectivity index (χ2n) is 8.60. The SMILES string of the molecule is Fc1cccc(-c2nc3cc(Nc4nnc(-c5ccc(Cl)c(C(F)(F)F)c5)s4)c(F)cc3n2C2CC2)c1. The molecule has 0 unspecified atom stereocenters. The van der Waals surface area contributed by atoms with Crippen molar-refractivity contribution in [1.29, 1.82) is 0 Å². The number of imidazole rings is 1. The molecule has 2 heterocycles. The second kappa shape index (κ2) is 8.77. The van der Waals surface area contributed by atoms with E-state index in [2.05, 4.69) is 20.5 Å². The molecule has 188 valence electrons. The molecule has 1 fully saturated rings. The number of benzene rings is 3. The number of nitrogens with zero attached hydrogens (tertiary/aromatic N) is 4. The minimum atomic E-state index is -4.62. The highest BCUT2D eigenvalue weighted by Crippen LogP contribution is 2.43. The number of hydrogen-bond donors (Lipinski definition) is 1. The van der Waals surface area contributed by atoms with Crippen LogP contribution in [-0.4, -0.2) is 19.7 Å². The summed E-state index contributed by atoms with van der Waals surface area (Å²) in [6.45, 7) is 0. The lowest BCUT2D eigenvalue weighted by molar-refractivity contribution is -0.137. The van der Waals surface area contributed by atoms with E-state index in [9.17, 15) is 17.6 Å². The van der Waals surface area contributed by atoms with E-state index in [4.69, 9.17) is 11.6 Å². The zero-order valence-corrected chi connectivity index (χ0v) is 20.2. The molecule has 1 saturated carbocycles. The van der Waals surface area contributed by atoms with Crippen LogP contribution in [0.25, 0.3) is 33.0 Å². The van der Waals surface area contributed by atoms with E-state index in [1.54, 1.807) is 12.1 Å². The minimum Gasteiger partial charge on any atom is -0.328 e. The summed E-state index contributed by atoms with van der Waals surface area (Å²) in [4.78, 5) is 4.66. The summed E-state index contributed by atoms with van der Waals surface area (Å²) < 4.78 is 70.6. The van der Waals surface area contributed by atoms with Crippen molar-refractivity contribution >= 4 is 44.8 Å². The first-order valence-corrected chi connectivity index (χ1v) is 12.3. The fourth-order valence-corrected chi connectivity index (χ4v) is 5.10. The van der Waals surface area contributed by atoms with Gasteiger partial charge in [-0.2, -0.15) is 13.2 Å². The van der Waals surface area contributed by atoms with Crippen molar-refractivity contribution < 1.29 is 22.0 Å². The number of halogens is 6. The van der Waals surface area contributed by atoms with Gasteiger partial charge in [-0.15, -0.1) is 10.2 Å². The summed E-state index contributed by atoms with van der Waals surface area (Å²) in [5.41, 5.74) is 0.965. The maximum atomic E-state index is 15.2. The number of aromatic nitrogens is 4. The van der Waals surface area contributed by atoms with Crippen LogP contribution in [0.3, 0.4) is 0 Å². The summed E-state index contributed by atoms with van der Waals surface area (Å²) in [6.07, 6.45) is -2.78. The van der Waals surface area contributed by atoms with Gasteiger partial charge in [0.05, 0.1) is 27.3 Å². The lowest BCUT2D eigenvalue weighted by atomic mass is 10.1. The maximum Gasteiger partial charge on any atom is 0.417 e. The predicted molar refractivity (Wildman–Crippen MR) is 132 cm³/mol. The quantitative estimate of drug-likeness (QED) is 0.225. The highest BCUT2D eigenvalue weighted by Gasteiger charge is 2.34. The van der Waals surface area contributed by atoms with E-state index in [0.29, 0.717) is 22.4 Å². The number of nitrogens with one attached hydrogen (secondary N) is 1. The Hall–Kier alpha value is -3.57. The van der Waals surface area contributed by atoms with E-state index >= 15 is 4.39 Å². The number of hydrogen-bond acceptors (Lipinski definition) is 5. The molecule has 5 nitrogen and oxygen atoms in total. The monoisotopic (exact) mass is 547 g/mol. The molecule has 12 heteroatoms. The van der Waals surface area contributed by atoms with Crippen LogP contribution in [0.2, 0.25) is 5.02 Å². The van der Waals surface area contributed by atoms with Gasteiger partial charge in [-0.25, -0.2) is 13.8 Å². The number of fused-ring (bicyclic) bond motifs is 1. The van der Waals surface area contributed by atoms with Gasteiger partial charge in [-0.1, -0.05) is 41.1 Å². The molecule has 1 aliphatic carbocycles. The van der Waals surface area contributed by atoms with Gasteiger partial charge in [-0.3, -0.25) is 0 Å². The van der Waals surface area contributed by atoms with Crippen LogP contribution < -0.4 is 5.32 Å². The molecule has 2 aromatic heterocycles. The van der Waals surface area contributed by atoms with E-state index in [-0.39, 0.29) is 27.4 Å². The third-order valence-electron chi connectivity index (χ3n) is 5.96. The third kappa shape index (κ3) is 4.53. The van der Waals surface area contributed by atoms with Crippen LogP contribution in [0.5, 0.6) is 0 Å². The highest BCUT2D eigenvalue weighted by atomic mass is 35.5. The standard InChI is InChI=1S/C25H15ClF5N5S/c26-17-7-4-13(9-16(17)25(29,30)31)23-34-35-24(37-23)33-19-11-20-21(10-18(19)28)36(15-5-6-15)22(32-20)12-2-1-3-14(27)8-12/h1-4,7-11,15H,5-6H2,(H,33,35).